The second-order valence-corrected chi connectivity index (χ2v) is 11.3. The fourth-order valence-corrected chi connectivity index (χ4v) is 6.21. The number of nitrogens with zero attached hydrogens (tertiary/aromatic N) is 6. The predicted molar refractivity (Wildman–Crippen MR) is 144 cm³/mol. The summed E-state index contributed by atoms with van der Waals surface area (Å²) in [7, 11) is -3.10. The Hall–Kier alpha value is -4.21. The van der Waals surface area contributed by atoms with Gasteiger partial charge in [0.1, 0.15) is 33.0 Å². The molecule has 15 heteroatoms. The number of ether oxygens (including phenoxy) is 2. The lowest BCUT2D eigenvalue weighted by molar-refractivity contribution is 0.122. The third kappa shape index (κ3) is 4.94. The number of rotatable bonds is 7. The van der Waals surface area contributed by atoms with Gasteiger partial charge < -0.3 is 14.4 Å². The minimum absolute atomic E-state index is 0.0377. The van der Waals surface area contributed by atoms with Crippen molar-refractivity contribution in [3.8, 4) is 27.7 Å². The summed E-state index contributed by atoms with van der Waals surface area (Å²) in [5.74, 6) is -1.32. The van der Waals surface area contributed by atoms with Crippen molar-refractivity contribution in [1.82, 2.24) is 24.6 Å². The van der Waals surface area contributed by atoms with Gasteiger partial charge in [-0.3, -0.25) is 4.72 Å². The summed E-state index contributed by atoms with van der Waals surface area (Å²) in [6.45, 7) is 2.79. The number of hydrogen-bond donors (Lipinski definition) is 1. The highest BCUT2D eigenvalue weighted by molar-refractivity contribution is 7.92. The van der Waals surface area contributed by atoms with E-state index >= 15 is 0 Å². The van der Waals surface area contributed by atoms with Crippen molar-refractivity contribution in [2.45, 2.75) is 4.90 Å². The van der Waals surface area contributed by atoms with E-state index in [0.717, 1.165) is 42.3 Å². The van der Waals surface area contributed by atoms with E-state index in [1.165, 1.54) is 30.7 Å². The first kappa shape index (κ1) is 26.0. The number of pyridine rings is 2. The average molecular weight is 586 g/mol. The Morgan fingerprint density at radius 1 is 1.02 bits per heavy atom. The number of nitrogens with one attached hydrogen (secondary N) is 1. The molecule has 1 N–H and O–H groups in total. The fraction of sp³-hybridized carbons (Fsp3) is 0.200. The standard InChI is InChI=1S/C25H21F2N7O4S2/c1-37-23-19(32-40(35,36)21-3-2-17(26)12-18(21)27)10-16(13-29-23)24-31-34-20(14-30-25(34)39-24)15-4-5-28-22(11-15)33-6-8-38-9-7-33/h2-5,10-14,32H,6-9H2,1H3. The highest BCUT2D eigenvalue weighted by atomic mass is 32.2. The van der Waals surface area contributed by atoms with Crippen LogP contribution < -0.4 is 14.4 Å². The number of anilines is 2. The average Bonchev–Trinajstić information content (AvgIpc) is 3.54. The quantitative estimate of drug-likeness (QED) is 0.303. The molecule has 1 fully saturated rings. The van der Waals surface area contributed by atoms with Gasteiger partial charge >= 0.3 is 0 Å². The van der Waals surface area contributed by atoms with Gasteiger partial charge in [0.05, 0.1) is 32.2 Å². The molecule has 0 amide bonds. The molecule has 1 aliphatic rings. The van der Waals surface area contributed by atoms with Crippen molar-refractivity contribution in [1.29, 1.82) is 0 Å². The SMILES string of the molecule is COc1ncc(-c2nn3c(-c4ccnc(N5CCOCC5)c4)cnc3s2)cc1NS(=O)(=O)c1ccc(F)cc1F. The lowest BCUT2D eigenvalue weighted by Crippen LogP contribution is -2.36. The highest BCUT2D eigenvalue weighted by Crippen LogP contribution is 2.34. The largest absolute Gasteiger partial charge is 0.480 e. The number of halogens is 2. The molecule has 1 aromatic carbocycles. The van der Waals surface area contributed by atoms with Crippen LogP contribution in [0.1, 0.15) is 0 Å². The molecule has 0 aliphatic carbocycles. The molecule has 40 heavy (non-hydrogen) atoms. The number of imidazole rings is 1. The van der Waals surface area contributed by atoms with E-state index in [9.17, 15) is 17.2 Å². The zero-order chi connectivity index (χ0) is 27.9. The van der Waals surface area contributed by atoms with E-state index in [2.05, 4.69) is 24.6 Å². The first-order chi connectivity index (χ1) is 19.3. The van der Waals surface area contributed by atoms with E-state index in [1.807, 2.05) is 12.1 Å². The van der Waals surface area contributed by atoms with Gasteiger partial charge in [-0.25, -0.2) is 36.7 Å². The maximum atomic E-state index is 14.2. The number of morpholine rings is 1. The highest BCUT2D eigenvalue weighted by Gasteiger charge is 2.23. The molecule has 206 valence electrons. The van der Waals surface area contributed by atoms with E-state index < -0.39 is 26.6 Å². The monoisotopic (exact) mass is 585 g/mol. The molecule has 0 unspecified atom stereocenters. The molecular weight excluding hydrogens is 564 g/mol. The first-order valence-corrected chi connectivity index (χ1v) is 14.3. The lowest BCUT2D eigenvalue weighted by Gasteiger charge is -2.27. The molecule has 0 saturated carbocycles. The molecule has 11 nitrogen and oxygen atoms in total. The van der Waals surface area contributed by atoms with Crippen molar-refractivity contribution in [2.75, 3.05) is 43.0 Å². The van der Waals surface area contributed by atoms with Crippen molar-refractivity contribution in [2.24, 2.45) is 0 Å². The molecule has 0 radical (unpaired) electrons. The van der Waals surface area contributed by atoms with Gasteiger partial charge in [0.2, 0.25) is 10.8 Å². The Bertz CT molecular complexity index is 1820. The Morgan fingerprint density at radius 3 is 2.62 bits per heavy atom. The molecule has 4 aromatic heterocycles. The summed E-state index contributed by atoms with van der Waals surface area (Å²) in [5.41, 5.74) is 2.07. The first-order valence-electron chi connectivity index (χ1n) is 12.0. The summed E-state index contributed by atoms with van der Waals surface area (Å²) in [6.07, 6.45) is 4.95. The van der Waals surface area contributed by atoms with Gasteiger partial charge in [0.25, 0.3) is 10.0 Å². The van der Waals surface area contributed by atoms with Gasteiger partial charge in [-0.1, -0.05) is 11.3 Å². The Morgan fingerprint density at radius 2 is 1.85 bits per heavy atom. The van der Waals surface area contributed by atoms with Gasteiger partial charge in [0, 0.05) is 42.7 Å². The molecule has 5 heterocycles. The number of aromatic nitrogens is 5. The third-order valence-corrected chi connectivity index (χ3v) is 8.55. The summed E-state index contributed by atoms with van der Waals surface area (Å²) in [5, 5.41) is 5.21. The maximum Gasteiger partial charge on any atom is 0.264 e. The lowest BCUT2D eigenvalue weighted by atomic mass is 10.2. The normalized spacial score (nSPS) is 14.0. The minimum atomic E-state index is -4.43. The summed E-state index contributed by atoms with van der Waals surface area (Å²) >= 11 is 1.28. The zero-order valence-corrected chi connectivity index (χ0v) is 22.5. The molecule has 0 bridgehead atoms. The second kappa shape index (κ2) is 10.4. The van der Waals surface area contributed by atoms with Crippen LogP contribution in [-0.2, 0) is 14.8 Å². The smallest absolute Gasteiger partial charge is 0.264 e. The van der Waals surface area contributed by atoms with Crippen molar-refractivity contribution in [3.05, 3.63) is 66.6 Å². The number of fused-ring (bicyclic) bond motifs is 1. The van der Waals surface area contributed by atoms with Gasteiger partial charge in [-0.15, -0.1) is 0 Å². The Labute approximate surface area is 231 Å². The second-order valence-electron chi connectivity index (χ2n) is 8.71. The molecule has 5 aromatic rings. The van der Waals surface area contributed by atoms with Crippen LogP contribution in [0.5, 0.6) is 5.88 Å². The third-order valence-electron chi connectivity index (χ3n) is 6.18. The molecular formula is C25H21F2N7O4S2. The number of sulfonamides is 1. The number of hydrogen-bond acceptors (Lipinski definition) is 10. The van der Waals surface area contributed by atoms with Crippen LogP contribution >= 0.6 is 11.3 Å². The molecule has 1 aliphatic heterocycles. The fourth-order valence-electron chi connectivity index (χ4n) is 4.25. The Kier molecular flexibility index (Phi) is 6.77. The van der Waals surface area contributed by atoms with Crippen LogP contribution in [0.15, 0.2) is 59.9 Å². The topological polar surface area (TPSA) is 124 Å². The van der Waals surface area contributed by atoms with Crippen LogP contribution in [0.3, 0.4) is 0 Å². The summed E-state index contributed by atoms with van der Waals surface area (Å²) in [4.78, 5) is 15.2. The van der Waals surface area contributed by atoms with Gasteiger partial charge in [0.15, 0.2) is 0 Å². The maximum absolute atomic E-state index is 14.2. The van der Waals surface area contributed by atoms with Crippen LogP contribution in [0.4, 0.5) is 20.3 Å². The van der Waals surface area contributed by atoms with Crippen LogP contribution in [-0.4, -0.2) is 66.4 Å². The van der Waals surface area contributed by atoms with Crippen molar-refractivity contribution >= 4 is 37.8 Å². The van der Waals surface area contributed by atoms with E-state index in [0.29, 0.717) is 34.8 Å². The van der Waals surface area contributed by atoms with Crippen molar-refractivity contribution in [3.63, 3.8) is 0 Å². The van der Waals surface area contributed by atoms with E-state index in [4.69, 9.17) is 14.6 Å². The van der Waals surface area contributed by atoms with Crippen molar-refractivity contribution < 1.29 is 26.7 Å². The summed E-state index contributed by atoms with van der Waals surface area (Å²) in [6, 6.07) is 7.53. The van der Waals surface area contributed by atoms with Gasteiger partial charge in [-0.2, -0.15) is 5.10 Å². The van der Waals surface area contributed by atoms with Crippen LogP contribution in [0, 0.1) is 11.6 Å². The molecule has 0 atom stereocenters. The Balaban J connectivity index is 1.33. The number of methoxy groups -OCH3 is 1. The number of benzene rings is 1. The predicted octanol–water partition coefficient (Wildman–Crippen LogP) is 3.84. The van der Waals surface area contributed by atoms with Gasteiger partial charge in [-0.05, 0) is 30.3 Å². The van der Waals surface area contributed by atoms with E-state index in [-0.39, 0.29) is 11.6 Å². The van der Waals surface area contributed by atoms with E-state index in [1.54, 1.807) is 16.9 Å². The minimum Gasteiger partial charge on any atom is -0.480 e. The summed E-state index contributed by atoms with van der Waals surface area (Å²) < 4.78 is 68.0. The van der Waals surface area contributed by atoms with Crippen LogP contribution in [0.25, 0.3) is 26.8 Å². The van der Waals surface area contributed by atoms with Crippen LogP contribution in [0.2, 0.25) is 0 Å². The molecule has 1 saturated heterocycles. The zero-order valence-electron chi connectivity index (χ0n) is 20.9. The molecule has 6 rings (SSSR count). The molecule has 0 spiro atoms.